The van der Waals surface area contributed by atoms with Gasteiger partial charge in [-0.15, -0.1) is 0 Å². The first-order valence-electron chi connectivity index (χ1n) is 8.19. The highest BCUT2D eigenvalue weighted by Gasteiger charge is 2.36. The van der Waals surface area contributed by atoms with Crippen LogP contribution in [0.25, 0.3) is 6.08 Å². The molecule has 0 aliphatic carbocycles. The molecule has 0 saturated carbocycles. The lowest BCUT2D eigenvalue weighted by Crippen LogP contribution is -2.27. The van der Waals surface area contributed by atoms with Crippen LogP contribution in [0.2, 0.25) is 0 Å². The van der Waals surface area contributed by atoms with Crippen molar-refractivity contribution in [2.24, 2.45) is 0 Å². The van der Waals surface area contributed by atoms with Crippen LogP contribution in [-0.2, 0) is 11.0 Å². The van der Waals surface area contributed by atoms with E-state index in [0.717, 1.165) is 28.8 Å². The minimum Gasteiger partial charge on any atom is -0.492 e. The maximum absolute atomic E-state index is 13.0. The minimum atomic E-state index is -4.51. The van der Waals surface area contributed by atoms with Gasteiger partial charge in [-0.3, -0.25) is 9.69 Å². The zero-order valence-electron chi connectivity index (χ0n) is 14.7. The Kier molecular flexibility index (Phi) is 6.77. The Hall–Kier alpha value is -1.36. The highest BCUT2D eigenvalue weighted by atomic mass is 79.9. The predicted molar refractivity (Wildman–Crippen MR) is 120 cm³/mol. The van der Waals surface area contributed by atoms with E-state index < -0.39 is 17.6 Å². The van der Waals surface area contributed by atoms with Crippen molar-refractivity contribution < 1.29 is 22.7 Å². The van der Waals surface area contributed by atoms with Crippen molar-refractivity contribution >= 4 is 77.8 Å². The molecule has 29 heavy (non-hydrogen) atoms. The molecule has 1 saturated heterocycles. The first-order chi connectivity index (χ1) is 13.6. The van der Waals surface area contributed by atoms with Crippen molar-refractivity contribution in [3.8, 4) is 5.75 Å². The molecule has 10 heteroatoms. The van der Waals surface area contributed by atoms with Crippen LogP contribution in [-0.4, -0.2) is 16.8 Å². The third-order valence-corrected chi connectivity index (χ3v) is 6.31. The standard InChI is InChI=1S/C19H12Br2F3NO2S2/c1-2-27-16-13(20)6-10(7-14(16)21)8-15-17(26)25(18(28)29-15)12-5-3-4-11(9-12)19(22,23)24/h3-9H,2H2,1H3/b15-8+. The van der Waals surface area contributed by atoms with E-state index >= 15 is 0 Å². The number of benzene rings is 2. The van der Waals surface area contributed by atoms with Crippen molar-refractivity contribution in [1.29, 1.82) is 0 Å². The molecule has 0 unspecified atom stereocenters. The van der Waals surface area contributed by atoms with Crippen LogP contribution < -0.4 is 9.64 Å². The van der Waals surface area contributed by atoms with Crippen LogP contribution in [0, 0.1) is 0 Å². The van der Waals surface area contributed by atoms with Gasteiger partial charge in [0.15, 0.2) is 4.32 Å². The van der Waals surface area contributed by atoms with Crippen molar-refractivity contribution in [2.75, 3.05) is 11.5 Å². The van der Waals surface area contributed by atoms with E-state index in [1.165, 1.54) is 12.1 Å². The normalized spacial score (nSPS) is 16.1. The van der Waals surface area contributed by atoms with E-state index in [9.17, 15) is 18.0 Å². The van der Waals surface area contributed by atoms with Gasteiger partial charge in [0.1, 0.15) is 5.75 Å². The second kappa shape index (κ2) is 8.79. The van der Waals surface area contributed by atoms with Crippen LogP contribution in [0.4, 0.5) is 18.9 Å². The first-order valence-corrected chi connectivity index (χ1v) is 11.0. The van der Waals surface area contributed by atoms with Gasteiger partial charge >= 0.3 is 6.18 Å². The monoisotopic (exact) mass is 565 g/mol. The van der Waals surface area contributed by atoms with E-state index in [2.05, 4.69) is 31.9 Å². The van der Waals surface area contributed by atoms with Gasteiger partial charge in [0.2, 0.25) is 0 Å². The van der Waals surface area contributed by atoms with E-state index in [4.69, 9.17) is 17.0 Å². The average Bonchev–Trinajstić information content (AvgIpc) is 2.91. The lowest BCUT2D eigenvalue weighted by molar-refractivity contribution is -0.137. The number of alkyl halides is 3. The fraction of sp³-hybridized carbons (Fsp3) is 0.158. The van der Waals surface area contributed by atoms with Crippen molar-refractivity contribution in [3.05, 3.63) is 61.4 Å². The Morgan fingerprint density at radius 3 is 2.45 bits per heavy atom. The molecule has 0 radical (unpaired) electrons. The molecule has 0 atom stereocenters. The van der Waals surface area contributed by atoms with Gasteiger partial charge in [-0.1, -0.05) is 30.0 Å². The molecular formula is C19H12Br2F3NO2S2. The van der Waals surface area contributed by atoms with Crippen molar-refractivity contribution in [3.63, 3.8) is 0 Å². The highest BCUT2D eigenvalue weighted by molar-refractivity contribution is 9.11. The van der Waals surface area contributed by atoms with Crippen LogP contribution in [0.5, 0.6) is 5.75 Å². The zero-order valence-corrected chi connectivity index (χ0v) is 19.5. The third-order valence-electron chi connectivity index (χ3n) is 3.83. The van der Waals surface area contributed by atoms with Gasteiger partial charge < -0.3 is 4.74 Å². The van der Waals surface area contributed by atoms with E-state index in [1.54, 1.807) is 18.2 Å². The Morgan fingerprint density at radius 1 is 1.21 bits per heavy atom. The molecule has 0 spiro atoms. The number of rotatable bonds is 4. The average molecular weight is 567 g/mol. The second-order valence-electron chi connectivity index (χ2n) is 5.81. The molecule has 2 aromatic carbocycles. The zero-order chi connectivity index (χ0) is 21.3. The number of nitrogens with zero attached hydrogens (tertiary/aromatic N) is 1. The van der Waals surface area contributed by atoms with Gasteiger partial charge in [-0.2, -0.15) is 13.2 Å². The fourth-order valence-corrected chi connectivity index (χ4v) is 5.36. The molecule has 1 amide bonds. The van der Waals surface area contributed by atoms with Crippen LogP contribution in [0.3, 0.4) is 0 Å². The lowest BCUT2D eigenvalue weighted by atomic mass is 10.1. The van der Waals surface area contributed by atoms with Crippen LogP contribution >= 0.6 is 55.8 Å². The fourth-order valence-electron chi connectivity index (χ4n) is 2.61. The Bertz CT molecular complexity index is 1000. The predicted octanol–water partition coefficient (Wildman–Crippen LogP) is 7.03. The molecule has 1 aliphatic heterocycles. The van der Waals surface area contributed by atoms with E-state index in [1.807, 2.05) is 6.92 Å². The molecule has 3 nitrogen and oxygen atoms in total. The summed E-state index contributed by atoms with van der Waals surface area (Å²) >= 11 is 13.1. The van der Waals surface area contributed by atoms with Gasteiger partial charge in [0, 0.05) is 0 Å². The summed E-state index contributed by atoms with van der Waals surface area (Å²) in [6.07, 6.45) is -2.87. The number of amides is 1. The van der Waals surface area contributed by atoms with Crippen LogP contribution in [0.1, 0.15) is 18.1 Å². The lowest BCUT2D eigenvalue weighted by Gasteiger charge is -2.16. The quantitative estimate of drug-likeness (QED) is 0.293. The summed E-state index contributed by atoms with van der Waals surface area (Å²) in [7, 11) is 0. The smallest absolute Gasteiger partial charge is 0.416 e. The third kappa shape index (κ3) is 4.87. The molecule has 1 fully saturated rings. The topological polar surface area (TPSA) is 29.5 Å². The highest BCUT2D eigenvalue weighted by Crippen LogP contribution is 2.40. The molecule has 1 aliphatic rings. The van der Waals surface area contributed by atoms with Gasteiger partial charge in [0.05, 0.1) is 31.7 Å². The van der Waals surface area contributed by atoms with Crippen molar-refractivity contribution in [2.45, 2.75) is 13.1 Å². The number of halogens is 5. The number of hydrogen-bond acceptors (Lipinski definition) is 4. The summed E-state index contributed by atoms with van der Waals surface area (Å²) in [5.74, 6) is 0.168. The summed E-state index contributed by atoms with van der Waals surface area (Å²) in [5.41, 5.74) is -0.0519. The second-order valence-corrected chi connectivity index (χ2v) is 9.20. The number of thiocarbonyl (C=S) groups is 1. The van der Waals surface area contributed by atoms with Gasteiger partial charge in [-0.05, 0) is 80.8 Å². The number of carbonyl (C=O) groups is 1. The SMILES string of the molecule is CCOc1c(Br)cc(/C=C2/SC(=S)N(c3cccc(C(F)(F)F)c3)C2=O)cc1Br. The maximum atomic E-state index is 13.0. The summed E-state index contributed by atoms with van der Waals surface area (Å²) in [5, 5.41) is 0. The Balaban J connectivity index is 1.94. The summed E-state index contributed by atoms with van der Waals surface area (Å²) < 4.78 is 46.1. The molecular weight excluding hydrogens is 555 g/mol. The van der Waals surface area contributed by atoms with Gasteiger partial charge in [0.25, 0.3) is 5.91 Å². The summed E-state index contributed by atoms with van der Waals surface area (Å²) in [6, 6.07) is 8.11. The molecule has 0 N–H and O–H groups in total. The molecule has 0 bridgehead atoms. The Labute approximate surface area is 191 Å². The molecule has 0 aromatic heterocycles. The number of thioether (sulfide) groups is 1. The maximum Gasteiger partial charge on any atom is 0.416 e. The van der Waals surface area contributed by atoms with Crippen molar-refractivity contribution in [1.82, 2.24) is 0 Å². The van der Waals surface area contributed by atoms with Gasteiger partial charge in [-0.25, -0.2) is 0 Å². The summed E-state index contributed by atoms with van der Waals surface area (Å²) in [6.45, 7) is 2.36. The largest absolute Gasteiger partial charge is 0.492 e. The van der Waals surface area contributed by atoms with E-state index in [0.29, 0.717) is 31.8 Å². The minimum absolute atomic E-state index is 0.0831. The van der Waals surface area contributed by atoms with Crippen LogP contribution in [0.15, 0.2) is 50.2 Å². The first kappa shape index (κ1) is 22.3. The number of anilines is 1. The number of carbonyl (C=O) groups excluding carboxylic acids is 1. The molecule has 1 heterocycles. The Morgan fingerprint density at radius 2 is 1.86 bits per heavy atom. The van der Waals surface area contributed by atoms with E-state index in [-0.39, 0.29) is 10.0 Å². The summed E-state index contributed by atoms with van der Waals surface area (Å²) in [4.78, 5) is 14.3. The molecule has 3 rings (SSSR count). The molecule has 2 aromatic rings. The number of ether oxygens (including phenoxy) is 1. The molecule has 152 valence electrons. The number of hydrogen-bond donors (Lipinski definition) is 0.